The van der Waals surface area contributed by atoms with E-state index in [4.69, 9.17) is 0 Å². The monoisotopic (exact) mass is 289 g/mol. The first-order valence-corrected chi connectivity index (χ1v) is 8.99. The van der Waals surface area contributed by atoms with E-state index in [1.54, 1.807) is 0 Å². The molecule has 1 aromatic rings. The SMILES string of the molecule is CCCCC(CC)CC(CCc1ccccc1C)NCC. The summed E-state index contributed by atoms with van der Waals surface area (Å²) < 4.78 is 0. The summed E-state index contributed by atoms with van der Waals surface area (Å²) in [6, 6.07) is 9.50. The van der Waals surface area contributed by atoms with Crippen LogP contribution in [0.5, 0.6) is 0 Å². The number of aryl methyl sites for hydroxylation is 2. The van der Waals surface area contributed by atoms with Gasteiger partial charge < -0.3 is 5.32 Å². The van der Waals surface area contributed by atoms with Gasteiger partial charge >= 0.3 is 0 Å². The molecule has 0 radical (unpaired) electrons. The summed E-state index contributed by atoms with van der Waals surface area (Å²) in [5.41, 5.74) is 2.95. The summed E-state index contributed by atoms with van der Waals surface area (Å²) >= 11 is 0. The second-order valence-electron chi connectivity index (χ2n) is 6.37. The van der Waals surface area contributed by atoms with Crippen molar-refractivity contribution in [2.24, 2.45) is 5.92 Å². The number of unbranched alkanes of at least 4 members (excludes halogenated alkanes) is 1. The van der Waals surface area contributed by atoms with Gasteiger partial charge in [-0.25, -0.2) is 0 Å². The zero-order valence-electron chi connectivity index (χ0n) is 14.6. The zero-order valence-corrected chi connectivity index (χ0v) is 14.6. The smallest absolute Gasteiger partial charge is 0.00727 e. The molecule has 1 aromatic carbocycles. The molecule has 120 valence electrons. The largest absolute Gasteiger partial charge is 0.314 e. The van der Waals surface area contributed by atoms with Crippen LogP contribution >= 0.6 is 0 Å². The topological polar surface area (TPSA) is 12.0 Å². The lowest BCUT2D eigenvalue weighted by atomic mass is 9.89. The highest BCUT2D eigenvalue weighted by Gasteiger charge is 2.14. The van der Waals surface area contributed by atoms with Crippen molar-refractivity contribution in [1.29, 1.82) is 0 Å². The number of rotatable bonds is 11. The Labute approximate surface area is 132 Å². The van der Waals surface area contributed by atoms with E-state index in [-0.39, 0.29) is 0 Å². The summed E-state index contributed by atoms with van der Waals surface area (Å²) in [6.07, 6.45) is 9.25. The molecule has 1 rings (SSSR count). The lowest BCUT2D eigenvalue weighted by molar-refractivity contribution is 0.340. The van der Waals surface area contributed by atoms with Gasteiger partial charge in [-0.2, -0.15) is 0 Å². The fourth-order valence-corrected chi connectivity index (χ4v) is 3.20. The van der Waals surface area contributed by atoms with Crippen LogP contribution in [0.3, 0.4) is 0 Å². The Morgan fingerprint density at radius 2 is 1.81 bits per heavy atom. The number of hydrogen-bond donors (Lipinski definition) is 1. The van der Waals surface area contributed by atoms with Crippen molar-refractivity contribution in [2.75, 3.05) is 6.54 Å². The molecule has 0 spiro atoms. The summed E-state index contributed by atoms with van der Waals surface area (Å²) in [5, 5.41) is 3.71. The van der Waals surface area contributed by atoms with Crippen molar-refractivity contribution in [1.82, 2.24) is 5.32 Å². The van der Waals surface area contributed by atoms with Crippen LogP contribution in [0, 0.1) is 12.8 Å². The predicted octanol–water partition coefficient (Wildman–Crippen LogP) is 5.51. The van der Waals surface area contributed by atoms with Crippen LogP contribution in [0.2, 0.25) is 0 Å². The molecule has 1 N–H and O–H groups in total. The molecule has 0 saturated carbocycles. The van der Waals surface area contributed by atoms with Gasteiger partial charge in [0.15, 0.2) is 0 Å². The van der Waals surface area contributed by atoms with Gasteiger partial charge in [-0.1, -0.05) is 70.7 Å². The van der Waals surface area contributed by atoms with Gasteiger partial charge in [-0.15, -0.1) is 0 Å². The molecular weight excluding hydrogens is 254 g/mol. The first-order valence-electron chi connectivity index (χ1n) is 8.99. The second-order valence-corrected chi connectivity index (χ2v) is 6.37. The van der Waals surface area contributed by atoms with Gasteiger partial charge in [-0.05, 0) is 49.8 Å². The van der Waals surface area contributed by atoms with Crippen LogP contribution in [0.1, 0.15) is 70.4 Å². The highest BCUT2D eigenvalue weighted by molar-refractivity contribution is 5.25. The molecule has 0 fully saturated rings. The van der Waals surface area contributed by atoms with Crippen LogP contribution in [0.25, 0.3) is 0 Å². The maximum Gasteiger partial charge on any atom is 0.00727 e. The Kier molecular flexibility index (Phi) is 9.41. The lowest BCUT2D eigenvalue weighted by Gasteiger charge is -2.24. The molecule has 0 amide bonds. The highest BCUT2D eigenvalue weighted by atomic mass is 14.9. The van der Waals surface area contributed by atoms with Crippen LogP contribution in [0.15, 0.2) is 24.3 Å². The van der Waals surface area contributed by atoms with Crippen molar-refractivity contribution >= 4 is 0 Å². The summed E-state index contributed by atoms with van der Waals surface area (Å²) in [4.78, 5) is 0. The molecule has 0 aliphatic heterocycles. The van der Waals surface area contributed by atoms with Crippen molar-refractivity contribution < 1.29 is 0 Å². The van der Waals surface area contributed by atoms with Gasteiger partial charge in [0.1, 0.15) is 0 Å². The third-order valence-corrected chi connectivity index (χ3v) is 4.68. The fourth-order valence-electron chi connectivity index (χ4n) is 3.20. The maximum absolute atomic E-state index is 3.71. The van der Waals surface area contributed by atoms with E-state index in [1.807, 2.05) is 0 Å². The Hall–Kier alpha value is -0.820. The first kappa shape index (κ1) is 18.2. The minimum absolute atomic E-state index is 0.677. The maximum atomic E-state index is 3.71. The predicted molar refractivity (Wildman–Crippen MR) is 94.9 cm³/mol. The molecule has 0 aliphatic carbocycles. The Balaban J connectivity index is 2.50. The lowest BCUT2D eigenvalue weighted by Crippen LogP contribution is -2.31. The van der Waals surface area contributed by atoms with E-state index < -0.39 is 0 Å². The minimum Gasteiger partial charge on any atom is -0.314 e. The standard InChI is InChI=1S/C20H35N/c1-5-8-12-18(6-2)16-20(21-7-3)15-14-19-13-10-9-11-17(19)4/h9-11,13,18,20-21H,5-8,12,14-16H2,1-4H3. The van der Waals surface area contributed by atoms with Crippen molar-refractivity contribution in [3.8, 4) is 0 Å². The molecule has 2 unspecified atom stereocenters. The molecule has 1 nitrogen and oxygen atoms in total. The zero-order chi connectivity index (χ0) is 15.5. The van der Waals surface area contributed by atoms with Gasteiger partial charge in [0, 0.05) is 6.04 Å². The van der Waals surface area contributed by atoms with Crippen LogP contribution in [0.4, 0.5) is 0 Å². The summed E-state index contributed by atoms with van der Waals surface area (Å²) in [7, 11) is 0. The number of hydrogen-bond acceptors (Lipinski definition) is 1. The van der Waals surface area contributed by atoms with Gasteiger partial charge in [0.05, 0.1) is 0 Å². The van der Waals surface area contributed by atoms with Gasteiger partial charge in [-0.3, -0.25) is 0 Å². The average Bonchev–Trinajstić information content (AvgIpc) is 2.50. The Morgan fingerprint density at radius 3 is 2.43 bits per heavy atom. The second kappa shape index (κ2) is 10.8. The van der Waals surface area contributed by atoms with E-state index in [2.05, 4.69) is 57.3 Å². The summed E-state index contributed by atoms with van der Waals surface area (Å²) in [6.45, 7) is 10.2. The van der Waals surface area contributed by atoms with E-state index in [1.165, 1.54) is 56.1 Å². The van der Waals surface area contributed by atoms with Gasteiger partial charge in [0.2, 0.25) is 0 Å². The minimum atomic E-state index is 0.677. The molecule has 2 atom stereocenters. The Morgan fingerprint density at radius 1 is 1.05 bits per heavy atom. The third kappa shape index (κ3) is 7.13. The molecule has 0 aliphatic rings. The number of nitrogens with one attached hydrogen (secondary N) is 1. The molecule has 1 heteroatoms. The van der Waals surface area contributed by atoms with E-state index in [0.29, 0.717) is 6.04 Å². The van der Waals surface area contributed by atoms with Gasteiger partial charge in [0.25, 0.3) is 0 Å². The van der Waals surface area contributed by atoms with Crippen molar-refractivity contribution in [3.63, 3.8) is 0 Å². The average molecular weight is 290 g/mol. The van der Waals surface area contributed by atoms with Crippen LogP contribution in [-0.4, -0.2) is 12.6 Å². The molecule has 0 saturated heterocycles. The highest BCUT2D eigenvalue weighted by Crippen LogP contribution is 2.21. The van der Waals surface area contributed by atoms with E-state index in [9.17, 15) is 0 Å². The van der Waals surface area contributed by atoms with Crippen LogP contribution in [-0.2, 0) is 6.42 Å². The fraction of sp³-hybridized carbons (Fsp3) is 0.700. The first-order chi connectivity index (χ1) is 10.2. The Bertz CT molecular complexity index is 372. The summed E-state index contributed by atoms with van der Waals surface area (Å²) in [5.74, 6) is 0.894. The van der Waals surface area contributed by atoms with Crippen molar-refractivity contribution in [3.05, 3.63) is 35.4 Å². The van der Waals surface area contributed by atoms with Crippen molar-refractivity contribution in [2.45, 2.75) is 78.7 Å². The molecule has 0 bridgehead atoms. The third-order valence-electron chi connectivity index (χ3n) is 4.68. The van der Waals surface area contributed by atoms with Crippen LogP contribution < -0.4 is 5.32 Å². The van der Waals surface area contributed by atoms with E-state index >= 15 is 0 Å². The molecule has 0 aromatic heterocycles. The van der Waals surface area contributed by atoms with E-state index in [0.717, 1.165) is 12.5 Å². The normalized spacial score (nSPS) is 14.1. The molecule has 0 heterocycles. The molecular formula is C20H35N. The molecule has 21 heavy (non-hydrogen) atoms. The quantitative estimate of drug-likeness (QED) is 0.566. The number of benzene rings is 1.